The highest BCUT2D eigenvalue weighted by Gasteiger charge is 2.42. The van der Waals surface area contributed by atoms with Gasteiger partial charge in [0.15, 0.2) is 5.67 Å². The van der Waals surface area contributed by atoms with Crippen LogP contribution in [-0.4, -0.2) is 67.1 Å². The third-order valence-electron chi connectivity index (χ3n) is 7.29. The monoisotopic (exact) mass is 564 g/mol. The van der Waals surface area contributed by atoms with Gasteiger partial charge in [-0.1, -0.05) is 11.6 Å². The first-order chi connectivity index (χ1) is 18.2. The van der Waals surface area contributed by atoms with E-state index in [1.165, 1.54) is 19.5 Å². The molecule has 204 valence electrons. The summed E-state index contributed by atoms with van der Waals surface area (Å²) >= 11 is 6.33. The number of alkyl halides is 1. The van der Waals surface area contributed by atoms with Gasteiger partial charge in [0, 0.05) is 25.7 Å². The molecule has 1 aliphatic carbocycles. The smallest absolute Gasteiger partial charge is 0.304 e. The summed E-state index contributed by atoms with van der Waals surface area (Å²) in [5.41, 5.74) is -0.758. The number of nitriles is 1. The molecule has 3 fully saturated rings. The first kappa shape index (κ1) is 26.9. The first-order valence-corrected chi connectivity index (χ1v) is 14.6. The molecule has 3 aliphatic rings. The van der Waals surface area contributed by atoms with Crippen molar-refractivity contribution in [2.24, 2.45) is 0 Å². The van der Waals surface area contributed by atoms with Crippen molar-refractivity contribution in [1.82, 2.24) is 14.1 Å². The fourth-order valence-electron chi connectivity index (χ4n) is 5.01. The minimum Gasteiger partial charge on any atom is -0.379 e. The van der Waals surface area contributed by atoms with E-state index in [1.807, 2.05) is 6.07 Å². The topological polar surface area (TPSA) is 121 Å². The molecular weight excluding hydrogens is 535 g/mol. The molecule has 1 aromatic heterocycles. The highest BCUT2D eigenvalue weighted by molar-refractivity contribution is 7.90. The number of piperidine rings is 1. The summed E-state index contributed by atoms with van der Waals surface area (Å²) in [6.45, 7) is 0.946. The molecule has 3 heterocycles. The van der Waals surface area contributed by atoms with E-state index in [0.717, 1.165) is 12.8 Å². The maximum absolute atomic E-state index is 14.8. The summed E-state index contributed by atoms with van der Waals surface area (Å²) < 4.78 is 51.4. The van der Waals surface area contributed by atoms with Crippen molar-refractivity contribution in [1.29, 1.82) is 5.26 Å². The predicted octanol–water partition coefficient (Wildman–Crippen LogP) is 3.25. The number of benzene rings is 1. The zero-order valence-electron chi connectivity index (χ0n) is 20.9. The summed E-state index contributed by atoms with van der Waals surface area (Å²) in [5.74, 6) is 0. The number of rotatable bonds is 8. The normalized spacial score (nSPS) is 23.1. The van der Waals surface area contributed by atoms with E-state index < -0.39 is 21.4 Å². The van der Waals surface area contributed by atoms with E-state index in [1.54, 1.807) is 24.3 Å². The quantitative estimate of drug-likeness (QED) is 0.522. The number of aromatic nitrogens is 2. The first-order valence-electron chi connectivity index (χ1n) is 12.8. The second kappa shape index (κ2) is 10.8. The van der Waals surface area contributed by atoms with Gasteiger partial charge in [0.25, 0.3) is 5.56 Å². The molecule has 0 radical (unpaired) electrons. The molecular formula is C25H30ClFN6O4S. The van der Waals surface area contributed by atoms with Crippen LogP contribution in [0, 0.1) is 11.3 Å². The van der Waals surface area contributed by atoms with Crippen molar-refractivity contribution < 1.29 is 17.5 Å². The Morgan fingerprint density at radius 3 is 2.55 bits per heavy atom. The van der Waals surface area contributed by atoms with Crippen molar-refractivity contribution in [2.75, 3.05) is 42.5 Å². The summed E-state index contributed by atoms with van der Waals surface area (Å²) in [6.07, 6.45) is 4.77. The third kappa shape index (κ3) is 5.52. The van der Waals surface area contributed by atoms with Crippen LogP contribution in [0.15, 0.2) is 35.3 Å². The second-order valence-corrected chi connectivity index (χ2v) is 12.3. The van der Waals surface area contributed by atoms with Gasteiger partial charge in [-0.15, -0.1) is 0 Å². The minimum atomic E-state index is -3.79. The van der Waals surface area contributed by atoms with Crippen LogP contribution < -0.4 is 15.2 Å². The Morgan fingerprint density at radius 1 is 1.24 bits per heavy atom. The maximum Gasteiger partial charge on any atom is 0.304 e. The highest BCUT2D eigenvalue weighted by atomic mass is 35.5. The van der Waals surface area contributed by atoms with Crippen LogP contribution in [0.3, 0.4) is 0 Å². The Bertz CT molecular complexity index is 1360. The fourth-order valence-corrected chi connectivity index (χ4v) is 7.10. The van der Waals surface area contributed by atoms with E-state index in [-0.39, 0.29) is 49.0 Å². The Morgan fingerprint density at radius 2 is 1.95 bits per heavy atom. The summed E-state index contributed by atoms with van der Waals surface area (Å²) in [4.78, 5) is 13.0. The number of nitrogens with one attached hydrogen (secondary N) is 1. The van der Waals surface area contributed by atoms with Gasteiger partial charge in [0.1, 0.15) is 5.02 Å². The van der Waals surface area contributed by atoms with Crippen molar-refractivity contribution in [3.05, 3.63) is 51.4 Å². The number of hydrogen-bond acceptors (Lipinski definition) is 7. The largest absolute Gasteiger partial charge is 0.379 e. The molecule has 1 saturated carbocycles. The van der Waals surface area contributed by atoms with Crippen LogP contribution in [-0.2, 0) is 14.9 Å². The minimum absolute atomic E-state index is 0.00700. The van der Waals surface area contributed by atoms with E-state index in [2.05, 4.69) is 10.4 Å². The average Bonchev–Trinajstić information content (AvgIpc) is 3.75. The van der Waals surface area contributed by atoms with Gasteiger partial charge in [-0.25, -0.2) is 9.07 Å². The maximum atomic E-state index is 14.8. The highest BCUT2D eigenvalue weighted by Crippen LogP contribution is 2.37. The molecule has 1 atom stereocenters. The predicted molar refractivity (Wildman–Crippen MR) is 141 cm³/mol. The summed E-state index contributed by atoms with van der Waals surface area (Å²) in [6, 6.07) is 8.18. The number of hydrogen-bond donors (Lipinski definition) is 1. The van der Waals surface area contributed by atoms with E-state index in [9.17, 15) is 17.6 Å². The molecule has 2 saturated heterocycles. The zero-order chi connectivity index (χ0) is 26.9. The van der Waals surface area contributed by atoms with Crippen LogP contribution in [0.2, 0.25) is 5.02 Å². The molecule has 0 bridgehead atoms. The number of anilines is 2. The Balaban J connectivity index is 1.25. The summed E-state index contributed by atoms with van der Waals surface area (Å²) in [5, 5.41) is 16.2. The van der Waals surface area contributed by atoms with E-state index in [0.29, 0.717) is 43.5 Å². The van der Waals surface area contributed by atoms with Crippen LogP contribution >= 0.6 is 11.6 Å². The van der Waals surface area contributed by atoms with Crippen molar-refractivity contribution in [3.8, 4) is 6.07 Å². The van der Waals surface area contributed by atoms with Crippen LogP contribution in [0.5, 0.6) is 0 Å². The van der Waals surface area contributed by atoms with Crippen molar-refractivity contribution in [2.45, 2.75) is 56.3 Å². The number of nitrogens with zero attached hydrogens (tertiary/aromatic N) is 5. The van der Waals surface area contributed by atoms with Crippen molar-refractivity contribution >= 4 is 33.2 Å². The molecule has 13 heteroatoms. The van der Waals surface area contributed by atoms with Gasteiger partial charge in [-0.05, 0) is 62.8 Å². The molecule has 1 N–H and O–H groups in total. The van der Waals surface area contributed by atoms with Gasteiger partial charge in [0.2, 0.25) is 0 Å². The van der Waals surface area contributed by atoms with Gasteiger partial charge >= 0.3 is 10.2 Å². The third-order valence-corrected chi connectivity index (χ3v) is 9.68. The Hall–Kier alpha value is -2.72. The molecule has 2 aromatic rings. The second-order valence-electron chi connectivity index (χ2n) is 10.1. The molecule has 1 aromatic carbocycles. The number of halogens is 2. The average molecular weight is 565 g/mol. The molecule has 0 spiro atoms. The van der Waals surface area contributed by atoms with E-state index in [4.69, 9.17) is 21.6 Å². The van der Waals surface area contributed by atoms with Crippen molar-refractivity contribution in [3.63, 3.8) is 0 Å². The summed E-state index contributed by atoms with van der Waals surface area (Å²) in [7, 11) is -3.79. The lowest BCUT2D eigenvalue weighted by atomic mass is 9.99. The molecule has 5 rings (SSSR count). The fraction of sp³-hybridized carbons (Fsp3) is 0.560. The van der Waals surface area contributed by atoms with Crippen LogP contribution in [0.25, 0.3) is 0 Å². The van der Waals surface area contributed by atoms with Gasteiger partial charge in [0.05, 0.1) is 48.4 Å². The Kier molecular flexibility index (Phi) is 7.64. The lowest BCUT2D eigenvalue weighted by Gasteiger charge is -2.36. The molecule has 0 unspecified atom stereocenters. The number of ether oxygens (including phenoxy) is 1. The van der Waals surface area contributed by atoms with Gasteiger partial charge in [-0.3, -0.25) is 9.10 Å². The standard InChI is InChI=1S/C25H30ClFN6O4S/c26-23-22(29-16-25(27)10-1-13-37-17-25)15-30-32(24(23)34)19-8-11-31(12-9-19)38(35,36)33(21-6-7-21)20-4-2-18(14-28)3-5-20/h2-5,15,19,21,29H,1,6-13,16-17H2/t25-/m0/s1. The lowest BCUT2D eigenvalue weighted by molar-refractivity contribution is -0.0234. The Labute approximate surface area is 226 Å². The van der Waals surface area contributed by atoms with Gasteiger partial charge in [-0.2, -0.15) is 23.1 Å². The molecule has 0 amide bonds. The molecule has 38 heavy (non-hydrogen) atoms. The molecule has 2 aliphatic heterocycles. The zero-order valence-corrected chi connectivity index (χ0v) is 22.4. The molecule has 10 nitrogen and oxygen atoms in total. The lowest BCUT2D eigenvalue weighted by Crippen LogP contribution is -2.49. The SMILES string of the molecule is N#Cc1ccc(N(C2CC2)S(=O)(=O)N2CCC(n3ncc(NC[C@@]4(F)CCCOC4)c(Cl)c3=O)CC2)cc1. The van der Waals surface area contributed by atoms with E-state index >= 15 is 0 Å². The van der Waals surface area contributed by atoms with Crippen LogP contribution in [0.1, 0.15) is 50.1 Å². The van der Waals surface area contributed by atoms with Crippen LogP contribution in [0.4, 0.5) is 15.8 Å². The van der Waals surface area contributed by atoms with Gasteiger partial charge < -0.3 is 10.1 Å².